The molecule has 1 aromatic rings. The second-order valence-electron chi connectivity index (χ2n) is 3.72. The van der Waals surface area contributed by atoms with E-state index >= 15 is 0 Å². The molecular weight excluding hydrogens is 248 g/mol. The summed E-state index contributed by atoms with van der Waals surface area (Å²) in [6.07, 6.45) is 0. The number of aliphatic hydroxyl groups excluding tert-OH is 1. The lowest BCUT2D eigenvalue weighted by atomic mass is 10.0. The highest BCUT2D eigenvalue weighted by atomic mass is 19.3. The van der Waals surface area contributed by atoms with Crippen molar-refractivity contribution in [3.8, 4) is 11.5 Å². The van der Waals surface area contributed by atoms with E-state index in [-0.39, 0.29) is 11.3 Å². The highest BCUT2D eigenvalue weighted by Gasteiger charge is 2.37. The summed E-state index contributed by atoms with van der Waals surface area (Å²) in [4.78, 5) is 10.7. The molecule has 1 aromatic carbocycles. The average Bonchev–Trinajstić information content (AvgIpc) is 2.30. The SMILES string of the molecule is CC(=O)Oc1ccc([C@H](N)C(F)(F)CO)cc1O. The van der Waals surface area contributed by atoms with Gasteiger partial charge in [0.25, 0.3) is 5.92 Å². The minimum Gasteiger partial charge on any atom is -0.504 e. The highest BCUT2D eigenvalue weighted by molar-refractivity contribution is 5.70. The normalized spacial score (nSPS) is 13.2. The molecule has 5 nitrogen and oxygen atoms in total. The van der Waals surface area contributed by atoms with Crippen LogP contribution in [0.5, 0.6) is 11.5 Å². The van der Waals surface area contributed by atoms with E-state index in [2.05, 4.69) is 4.74 Å². The van der Waals surface area contributed by atoms with Crippen LogP contribution in [0, 0.1) is 0 Å². The number of alkyl halides is 2. The number of nitrogens with two attached hydrogens (primary N) is 1. The van der Waals surface area contributed by atoms with E-state index in [0.29, 0.717) is 0 Å². The highest BCUT2D eigenvalue weighted by Crippen LogP contribution is 2.34. The smallest absolute Gasteiger partial charge is 0.308 e. The van der Waals surface area contributed by atoms with Crippen LogP contribution in [0.15, 0.2) is 18.2 Å². The Morgan fingerprint density at radius 3 is 2.61 bits per heavy atom. The first-order valence-electron chi connectivity index (χ1n) is 5.03. The molecule has 0 amide bonds. The van der Waals surface area contributed by atoms with Gasteiger partial charge in [-0.3, -0.25) is 4.79 Å². The quantitative estimate of drug-likeness (QED) is 0.554. The van der Waals surface area contributed by atoms with Gasteiger partial charge in [-0.15, -0.1) is 0 Å². The van der Waals surface area contributed by atoms with Crippen molar-refractivity contribution >= 4 is 5.97 Å². The summed E-state index contributed by atoms with van der Waals surface area (Å²) in [5, 5.41) is 18.0. The molecule has 4 N–H and O–H groups in total. The minimum absolute atomic E-state index is 0.0811. The number of carbonyl (C=O) groups is 1. The standard InChI is InChI=1S/C11H13F2NO4/c1-6(16)18-9-3-2-7(4-8(9)17)10(14)11(12,13)5-15/h2-4,10,15,17H,5,14H2,1H3/t10-/m0/s1. The number of carbonyl (C=O) groups excluding carboxylic acids is 1. The van der Waals surface area contributed by atoms with Gasteiger partial charge in [-0.1, -0.05) is 6.07 Å². The van der Waals surface area contributed by atoms with Crippen molar-refractivity contribution in [1.82, 2.24) is 0 Å². The molecule has 0 aromatic heterocycles. The number of esters is 1. The van der Waals surface area contributed by atoms with Crippen molar-refractivity contribution in [2.75, 3.05) is 6.61 Å². The van der Waals surface area contributed by atoms with Crippen molar-refractivity contribution in [3.05, 3.63) is 23.8 Å². The number of rotatable bonds is 4. The summed E-state index contributed by atoms with van der Waals surface area (Å²) in [5.74, 6) is -4.78. The van der Waals surface area contributed by atoms with Gasteiger partial charge in [-0.2, -0.15) is 0 Å². The molecule has 0 aliphatic rings. The predicted octanol–water partition coefficient (Wildman–Crippen LogP) is 0.945. The van der Waals surface area contributed by atoms with Crippen molar-refractivity contribution in [3.63, 3.8) is 0 Å². The van der Waals surface area contributed by atoms with Gasteiger partial charge >= 0.3 is 5.97 Å². The maximum Gasteiger partial charge on any atom is 0.308 e. The van der Waals surface area contributed by atoms with E-state index in [0.717, 1.165) is 19.1 Å². The van der Waals surface area contributed by atoms with Crippen LogP contribution < -0.4 is 10.5 Å². The molecule has 7 heteroatoms. The zero-order valence-corrected chi connectivity index (χ0v) is 9.56. The van der Waals surface area contributed by atoms with Crippen LogP contribution >= 0.6 is 0 Å². The molecule has 0 fully saturated rings. The number of benzene rings is 1. The van der Waals surface area contributed by atoms with Crippen molar-refractivity contribution in [2.24, 2.45) is 5.73 Å². The number of halogens is 2. The lowest BCUT2D eigenvalue weighted by molar-refractivity contribution is -0.132. The zero-order valence-electron chi connectivity index (χ0n) is 9.56. The van der Waals surface area contributed by atoms with Crippen LogP contribution in [-0.2, 0) is 4.79 Å². The second kappa shape index (κ2) is 5.28. The zero-order chi connectivity index (χ0) is 13.9. The topological polar surface area (TPSA) is 92.8 Å². The fourth-order valence-electron chi connectivity index (χ4n) is 1.31. The Kier molecular flexibility index (Phi) is 4.20. The Hall–Kier alpha value is -1.73. The molecule has 0 aliphatic heterocycles. The molecule has 0 heterocycles. The molecule has 0 saturated carbocycles. The molecule has 0 spiro atoms. The van der Waals surface area contributed by atoms with Gasteiger partial charge in [-0.25, -0.2) is 8.78 Å². The van der Waals surface area contributed by atoms with E-state index in [9.17, 15) is 18.7 Å². The number of aromatic hydroxyl groups is 1. The number of hydrogen-bond acceptors (Lipinski definition) is 5. The van der Waals surface area contributed by atoms with E-state index in [1.54, 1.807) is 0 Å². The van der Waals surface area contributed by atoms with Gasteiger partial charge in [0.05, 0.1) is 6.04 Å². The Balaban J connectivity index is 3.00. The lowest BCUT2D eigenvalue weighted by Gasteiger charge is -2.22. The number of ether oxygens (including phenoxy) is 1. The maximum absolute atomic E-state index is 13.1. The van der Waals surface area contributed by atoms with Gasteiger partial charge in [0, 0.05) is 6.92 Å². The Bertz CT molecular complexity index is 451. The fraction of sp³-hybridized carbons (Fsp3) is 0.364. The van der Waals surface area contributed by atoms with Gasteiger partial charge in [0.1, 0.15) is 6.61 Å². The first kappa shape index (κ1) is 14.3. The molecule has 0 bridgehead atoms. The van der Waals surface area contributed by atoms with Gasteiger partial charge < -0.3 is 20.7 Å². The van der Waals surface area contributed by atoms with E-state index in [4.69, 9.17) is 10.8 Å². The van der Waals surface area contributed by atoms with Gasteiger partial charge in [0.2, 0.25) is 0 Å². The summed E-state index contributed by atoms with van der Waals surface area (Å²) in [7, 11) is 0. The molecular formula is C11H13F2NO4. The van der Waals surface area contributed by atoms with Crippen LogP contribution in [0.25, 0.3) is 0 Å². The monoisotopic (exact) mass is 261 g/mol. The van der Waals surface area contributed by atoms with E-state index < -0.39 is 30.3 Å². The number of aliphatic hydroxyl groups is 1. The van der Waals surface area contributed by atoms with Crippen molar-refractivity contribution in [2.45, 2.75) is 18.9 Å². The van der Waals surface area contributed by atoms with Crippen LogP contribution in [-0.4, -0.2) is 28.7 Å². The number of hydrogen-bond donors (Lipinski definition) is 3. The molecule has 18 heavy (non-hydrogen) atoms. The van der Waals surface area contributed by atoms with Crippen LogP contribution in [0.3, 0.4) is 0 Å². The molecule has 0 aliphatic carbocycles. The van der Waals surface area contributed by atoms with Crippen LogP contribution in [0.4, 0.5) is 8.78 Å². The summed E-state index contributed by atoms with van der Waals surface area (Å²) in [6.45, 7) is -0.264. The summed E-state index contributed by atoms with van der Waals surface area (Å²) < 4.78 is 30.9. The molecule has 0 saturated heterocycles. The average molecular weight is 261 g/mol. The van der Waals surface area contributed by atoms with Crippen LogP contribution in [0.2, 0.25) is 0 Å². The van der Waals surface area contributed by atoms with Gasteiger partial charge in [0.15, 0.2) is 11.5 Å². The number of phenolic OH excluding ortho intramolecular Hbond substituents is 1. The summed E-state index contributed by atoms with van der Waals surface area (Å²) in [5.41, 5.74) is 5.19. The summed E-state index contributed by atoms with van der Waals surface area (Å²) in [6, 6.07) is 1.54. The Morgan fingerprint density at radius 1 is 1.56 bits per heavy atom. The second-order valence-corrected chi connectivity index (χ2v) is 3.72. The Labute approximate surface area is 102 Å². The molecule has 0 radical (unpaired) electrons. The molecule has 1 rings (SSSR count). The van der Waals surface area contributed by atoms with E-state index in [1.807, 2.05) is 0 Å². The fourth-order valence-corrected chi connectivity index (χ4v) is 1.31. The predicted molar refractivity (Wildman–Crippen MR) is 58.4 cm³/mol. The van der Waals surface area contributed by atoms with Gasteiger partial charge in [-0.05, 0) is 17.7 Å². The summed E-state index contributed by atoms with van der Waals surface area (Å²) >= 11 is 0. The number of phenols is 1. The molecule has 1 atom stereocenters. The maximum atomic E-state index is 13.1. The third kappa shape index (κ3) is 3.14. The van der Waals surface area contributed by atoms with Crippen molar-refractivity contribution < 1.29 is 28.5 Å². The lowest BCUT2D eigenvalue weighted by Crippen LogP contribution is -2.36. The first-order valence-corrected chi connectivity index (χ1v) is 5.03. The molecule has 100 valence electrons. The first-order chi connectivity index (χ1) is 8.27. The molecule has 0 unspecified atom stereocenters. The van der Waals surface area contributed by atoms with Crippen LogP contribution in [0.1, 0.15) is 18.5 Å². The minimum atomic E-state index is -3.50. The van der Waals surface area contributed by atoms with Crippen molar-refractivity contribution in [1.29, 1.82) is 0 Å². The third-order valence-electron chi connectivity index (χ3n) is 2.26. The van der Waals surface area contributed by atoms with E-state index in [1.165, 1.54) is 6.07 Å². The Morgan fingerprint density at radius 2 is 2.17 bits per heavy atom. The third-order valence-corrected chi connectivity index (χ3v) is 2.26. The largest absolute Gasteiger partial charge is 0.504 e.